The third-order valence-electron chi connectivity index (χ3n) is 4.61. The lowest BCUT2D eigenvalue weighted by Gasteiger charge is -2.20. The predicted molar refractivity (Wildman–Crippen MR) is 99.7 cm³/mol. The quantitative estimate of drug-likeness (QED) is 0.773. The van der Waals surface area contributed by atoms with Gasteiger partial charge in [-0.05, 0) is 42.0 Å². The highest BCUT2D eigenvalue weighted by Gasteiger charge is 2.22. The average Bonchev–Trinajstić information content (AvgIpc) is 2.96. The summed E-state index contributed by atoms with van der Waals surface area (Å²) in [5.41, 5.74) is 9.33. The smallest absolute Gasteiger partial charge is 0.270 e. The summed E-state index contributed by atoms with van der Waals surface area (Å²) in [5, 5.41) is 0. The third-order valence-corrected chi connectivity index (χ3v) is 4.61. The number of benzene rings is 1. The number of anilines is 1. The molecule has 6 nitrogen and oxygen atoms in total. The van der Waals surface area contributed by atoms with Gasteiger partial charge in [0.15, 0.2) is 0 Å². The van der Waals surface area contributed by atoms with Gasteiger partial charge in [-0.3, -0.25) is 4.79 Å². The molecule has 0 radical (unpaired) electrons. The molecule has 2 N–H and O–H groups in total. The summed E-state index contributed by atoms with van der Waals surface area (Å²) >= 11 is 0. The van der Waals surface area contributed by atoms with Crippen LogP contribution in [-0.4, -0.2) is 33.5 Å². The van der Waals surface area contributed by atoms with Gasteiger partial charge in [0.1, 0.15) is 23.9 Å². The fourth-order valence-corrected chi connectivity index (χ4v) is 3.17. The van der Waals surface area contributed by atoms with Gasteiger partial charge in [0.25, 0.3) is 5.91 Å². The minimum absolute atomic E-state index is 0.00787. The van der Waals surface area contributed by atoms with Crippen molar-refractivity contribution in [3.05, 3.63) is 66.1 Å². The number of carbonyl (C=O) groups excluding carboxylic acids is 1. The number of aromatic nitrogens is 2. The fourth-order valence-electron chi connectivity index (χ4n) is 3.17. The van der Waals surface area contributed by atoms with Gasteiger partial charge in [-0.1, -0.05) is 6.07 Å². The maximum atomic E-state index is 12.9. The van der Waals surface area contributed by atoms with Crippen LogP contribution in [0.1, 0.15) is 16.1 Å². The van der Waals surface area contributed by atoms with E-state index in [1.54, 1.807) is 12.3 Å². The van der Waals surface area contributed by atoms with Crippen LogP contribution in [-0.2, 0) is 13.6 Å². The Morgan fingerprint density at radius 3 is 2.77 bits per heavy atom. The van der Waals surface area contributed by atoms with Crippen molar-refractivity contribution in [2.24, 2.45) is 7.05 Å². The number of fused-ring (bicyclic) bond motifs is 1. The van der Waals surface area contributed by atoms with Crippen LogP contribution in [0, 0.1) is 0 Å². The van der Waals surface area contributed by atoms with E-state index in [1.165, 1.54) is 0 Å². The Labute approximate surface area is 151 Å². The van der Waals surface area contributed by atoms with Crippen LogP contribution in [0.3, 0.4) is 0 Å². The number of amides is 1. The van der Waals surface area contributed by atoms with Gasteiger partial charge in [0.05, 0.1) is 6.54 Å². The fraction of sp³-hybridized carbons (Fsp3) is 0.200. The number of hydrogen-bond donors (Lipinski definition) is 1. The molecule has 0 fully saturated rings. The van der Waals surface area contributed by atoms with Gasteiger partial charge in [-0.2, -0.15) is 0 Å². The Hall–Kier alpha value is -3.28. The molecule has 0 atom stereocenters. The Morgan fingerprint density at radius 1 is 1.19 bits per heavy atom. The zero-order valence-corrected chi connectivity index (χ0v) is 14.6. The lowest BCUT2D eigenvalue weighted by atomic mass is 10.0. The van der Waals surface area contributed by atoms with E-state index in [0.29, 0.717) is 31.2 Å². The summed E-state index contributed by atoms with van der Waals surface area (Å²) < 4.78 is 7.69. The van der Waals surface area contributed by atoms with Crippen molar-refractivity contribution < 1.29 is 9.53 Å². The van der Waals surface area contributed by atoms with E-state index < -0.39 is 0 Å². The average molecular weight is 348 g/mol. The highest BCUT2D eigenvalue weighted by atomic mass is 16.5. The first-order valence-electron chi connectivity index (χ1n) is 8.50. The number of hydrogen-bond acceptors (Lipinski definition) is 4. The lowest BCUT2D eigenvalue weighted by molar-refractivity contribution is 0.0723. The van der Waals surface area contributed by atoms with E-state index in [4.69, 9.17) is 10.5 Å². The van der Waals surface area contributed by atoms with E-state index in [1.807, 2.05) is 53.0 Å². The molecule has 0 aliphatic carbocycles. The first kappa shape index (κ1) is 16.2. The van der Waals surface area contributed by atoms with Gasteiger partial charge in [-0.15, -0.1) is 0 Å². The van der Waals surface area contributed by atoms with Crippen molar-refractivity contribution in [3.63, 3.8) is 0 Å². The molecule has 0 bridgehead atoms. The molecule has 3 aromatic rings. The molecule has 0 saturated heterocycles. The van der Waals surface area contributed by atoms with E-state index >= 15 is 0 Å². The number of aryl methyl sites for hydroxylation is 1. The second-order valence-electron chi connectivity index (χ2n) is 6.37. The van der Waals surface area contributed by atoms with Crippen molar-refractivity contribution in [1.29, 1.82) is 0 Å². The standard InChI is InChI=1S/C20H20N4O2/c1-23-8-2-3-17(23)20(25)24-9-10-26-18-6-4-14(11-16(18)13-24)15-5-7-19(21)22-12-15/h2-8,11-12H,9-10,13H2,1H3,(H2,21,22). The predicted octanol–water partition coefficient (Wildman–Crippen LogP) is 2.70. The molecule has 4 rings (SSSR count). The zero-order chi connectivity index (χ0) is 18.1. The summed E-state index contributed by atoms with van der Waals surface area (Å²) in [5.74, 6) is 1.32. The molecule has 1 aliphatic rings. The molecule has 0 saturated carbocycles. The normalized spacial score (nSPS) is 13.7. The molecular weight excluding hydrogens is 328 g/mol. The minimum Gasteiger partial charge on any atom is -0.491 e. The first-order chi connectivity index (χ1) is 12.6. The number of nitrogen functional groups attached to an aromatic ring is 1. The van der Waals surface area contributed by atoms with Crippen molar-refractivity contribution >= 4 is 11.7 Å². The van der Waals surface area contributed by atoms with Gasteiger partial charge >= 0.3 is 0 Å². The first-order valence-corrected chi connectivity index (χ1v) is 8.50. The number of nitrogens with zero attached hydrogens (tertiary/aromatic N) is 3. The molecule has 0 unspecified atom stereocenters. The maximum absolute atomic E-state index is 12.9. The molecule has 2 aromatic heterocycles. The Kier molecular flexibility index (Phi) is 4.08. The SMILES string of the molecule is Cn1cccc1C(=O)N1CCOc2ccc(-c3ccc(N)nc3)cc2C1. The minimum atomic E-state index is 0.00787. The van der Waals surface area contributed by atoms with E-state index in [9.17, 15) is 4.79 Å². The van der Waals surface area contributed by atoms with Crippen LogP contribution in [0.2, 0.25) is 0 Å². The number of ether oxygens (including phenoxy) is 1. The molecule has 1 amide bonds. The zero-order valence-electron chi connectivity index (χ0n) is 14.6. The summed E-state index contributed by atoms with van der Waals surface area (Å²) in [7, 11) is 1.88. The largest absolute Gasteiger partial charge is 0.491 e. The van der Waals surface area contributed by atoms with Gasteiger partial charge in [0.2, 0.25) is 0 Å². The van der Waals surface area contributed by atoms with Crippen LogP contribution in [0.15, 0.2) is 54.9 Å². The Balaban J connectivity index is 1.64. The van der Waals surface area contributed by atoms with Crippen LogP contribution >= 0.6 is 0 Å². The highest BCUT2D eigenvalue weighted by molar-refractivity contribution is 5.92. The lowest BCUT2D eigenvalue weighted by Crippen LogP contribution is -2.33. The molecule has 6 heteroatoms. The Bertz CT molecular complexity index is 947. The summed E-state index contributed by atoms with van der Waals surface area (Å²) in [6, 6.07) is 13.4. The monoisotopic (exact) mass is 348 g/mol. The molecule has 1 aromatic carbocycles. The van der Waals surface area contributed by atoms with E-state index in [2.05, 4.69) is 11.1 Å². The van der Waals surface area contributed by atoms with Crippen LogP contribution in [0.25, 0.3) is 11.1 Å². The number of nitrogens with two attached hydrogens (primary N) is 1. The molecule has 0 spiro atoms. The van der Waals surface area contributed by atoms with E-state index in [0.717, 1.165) is 22.4 Å². The Morgan fingerprint density at radius 2 is 2.04 bits per heavy atom. The maximum Gasteiger partial charge on any atom is 0.270 e. The van der Waals surface area contributed by atoms with Crippen molar-refractivity contribution in [2.75, 3.05) is 18.9 Å². The molecule has 132 valence electrons. The van der Waals surface area contributed by atoms with Crippen molar-refractivity contribution in [1.82, 2.24) is 14.5 Å². The second kappa shape index (κ2) is 6.55. The molecule has 3 heterocycles. The second-order valence-corrected chi connectivity index (χ2v) is 6.37. The van der Waals surface area contributed by atoms with Gasteiger partial charge < -0.3 is 19.9 Å². The van der Waals surface area contributed by atoms with E-state index in [-0.39, 0.29) is 5.91 Å². The topological polar surface area (TPSA) is 73.4 Å². The molecular formula is C20H20N4O2. The van der Waals surface area contributed by atoms with Crippen LogP contribution < -0.4 is 10.5 Å². The summed E-state index contributed by atoms with van der Waals surface area (Å²) in [6.07, 6.45) is 3.63. The third kappa shape index (κ3) is 3.01. The van der Waals surface area contributed by atoms with Gasteiger partial charge in [-0.25, -0.2) is 4.98 Å². The van der Waals surface area contributed by atoms with Gasteiger partial charge in [0, 0.05) is 37.1 Å². The van der Waals surface area contributed by atoms with Crippen molar-refractivity contribution in [3.8, 4) is 16.9 Å². The van der Waals surface area contributed by atoms with Crippen LogP contribution in [0.5, 0.6) is 5.75 Å². The van der Waals surface area contributed by atoms with Crippen molar-refractivity contribution in [2.45, 2.75) is 6.54 Å². The summed E-state index contributed by atoms with van der Waals surface area (Å²) in [6.45, 7) is 1.54. The molecule has 1 aliphatic heterocycles. The molecule has 26 heavy (non-hydrogen) atoms. The summed E-state index contributed by atoms with van der Waals surface area (Å²) in [4.78, 5) is 18.8. The van der Waals surface area contributed by atoms with Crippen LogP contribution in [0.4, 0.5) is 5.82 Å². The highest BCUT2D eigenvalue weighted by Crippen LogP contribution is 2.29. The number of pyridine rings is 1. The number of rotatable bonds is 2. The number of carbonyl (C=O) groups is 1.